The summed E-state index contributed by atoms with van der Waals surface area (Å²) in [4.78, 5) is 23.5. The molecule has 5 nitrogen and oxygen atoms in total. The summed E-state index contributed by atoms with van der Waals surface area (Å²) < 4.78 is 0. The molecule has 5 heteroatoms. The van der Waals surface area contributed by atoms with Crippen molar-refractivity contribution in [2.75, 3.05) is 10.6 Å². The Kier molecular flexibility index (Phi) is 4.89. The van der Waals surface area contributed by atoms with Crippen LogP contribution in [0.3, 0.4) is 0 Å². The third-order valence-corrected chi connectivity index (χ3v) is 3.06. The first-order chi connectivity index (χ1) is 10.6. The molecule has 0 aliphatic carbocycles. The number of nitriles is 1. The Bertz CT molecular complexity index is 730. The van der Waals surface area contributed by atoms with E-state index in [0.29, 0.717) is 16.9 Å². The number of nitrogens with zero attached hydrogens (tertiary/aromatic N) is 1. The summed E-state index contributed by atoms with van der Waals surface area (Å²) in [6.45, 7) is 1.88. The second-order valence-corrected chi connectivity index (χ2v) is 4.73. The first-order valence-corrected chi connectivity index (χ1v) is 6.74. The van der Waals surface area contributed by atoms with Gasteiger partial charge in [-0.1, -0.05) is 18.2 Å². The number of hydrogen-bond donors (Lipinski definition) is 2. The Morgan fingerprint density at radius 1 is 1.00 bits per heavy atom. The zero-order valence-corrected chi connectivity index (χ0v) is 12.1. The maximum absolute atomic E-state index is 12.2. The van der Waals surface area contributed by atoms with Gasteiger partial charge >= 0.3 is 0 Å². The average Bonchev–Trinajstić information content (AvgIpc) is 2.50. The highest BCUT2D eigenvalue weighted by molar-refractivity contribution is 6.05. The molecule has 0 saturated carbocycles. The van der Waals surface area contributed by atoms with Crippen molar-refractivity contribution in [2.24, 2.45) is 0 Å². The standard InChI is InChI=1S/C17H15N3O2/c1-12-4-2-3-5-15(12)17(22)20-14-8-6-13(7-9-14)19-16(21)10-11-18/h2-9H,10H2,1H3,(H,19,21)(H,20,22). The highest BCUT2D eigenvalue weighted by atomic mass is 16.2. The summed E-state index contributed by atoms with van der Waals surface area (Å²) >= 11 is 0. The number of amides is 2. The van der Waals surface area contributed by atoms with Crippen LogP contribution in [0, 0.1) is 18.3 Å². The minimum absolute atomic E-state index is 0.181. The molecule has 0 unspecified atom stereocenters. The van der Waals surface area contributed by atoms with Gasteiger partial charge < -0.3 is 10.6 Å². The van der Waals surface area contributed by atoms with Gasteiger partial charge in [0.2, 0.25) is 5.91 Å². The third kappa shape index (κ3) is 3.93. The normalized spacial score (nSPS) is 9.64. The largest absolute Gasteiger partial charge is 0.325 e. The lowest BCUT2D eigenvalue weighted by atomic mass is 10.1. The number of nitrogens with one attached hydrogen (secondary N) is 2. The molecule has 2 aromatic rings. The van der Waals surface area contributed by atoms with Crippen molar-refractivity contribution in [1.82, 2.24) is 0 Å². The minimum Gasteiger partial charge on any atom is -0.325 e. The van der Waals surface area contributed by atoms with Gasteiger partial charge in [0.05, 0.1) is 6.07 Å². The summed E-state index contributed by atoms with van der Waals surface area (Å²) in [7, 11) is 0. The van der Waals surface area contributed by atoms with Crippen molar-refractivity contribution >= 4 is 23.2 Å². The maximum Gasteiger partial charge on any atom is 0.255 e. The summed E-state index contributed by atoms with van der Waals surface area (Å²) in [6, 6.07) is 15.8. The van der Waals surface area contributed by atoms with Crippen LogP contribution in [0.5, 0.6) is 0 Å². The van der Waals surface area contributed by atoms with Gasteiger partial charge in [-0.25, -0.2) is 0 Å². The second kappa shape index (κ2) is 7.04. The fraction of sp³-hybridized carbons (Fsp3) is 0.118. The van der Waals surface area contributed by atoms with Crippen LogP contribution in [0.1, 0.15) is 22.3 Å². The van der Waals surface area contributed by atoms with Gasteiger partial charge in [-0.3, -0.25) is 9.59 Å². The van der Waals surface area contributed by atoms with E-state index < -0.39 is 0 Å². The van der Waals surface area contributed by atoms with Crippen LogP contribution >= 0.6 is 0 Å². The van der Waals surface area contributed by atoms with E-state index in [1.54, 1.807) is 36.4 Å². The number of hydrogen-bond acceptors (Lipinski definition) is 3. The van der Waals surface area contributed by atoms with E-state index in [1.807, 2.05) is 25.1 Å². The van der Waals surface area contributed by atoms with E-state index in [4.69, 9.17) is 5.26 Å². The molecule has 0 aliphatic heterocycles. The Balaban J connectivity index is 2.03. The quantitative estimate of drug-likeness (QED) is 0.908. The molecule has 2 rings (SSSR count). The number of carbonyl (C=O) groups excluding carboxylic acids is 2. The van der Waals surface area contributed by atoms with Crippen molar-refractivity contribution in [1.29, 1.82) is 5.26 Å². The monoisotopic (exact) mass is 293 g/mol. The predicted octanol–water partition coefficient (Wildman–Crippen LogP) is 3.10. The summed E-state index contributed by atoms with van der Waals surface area (Å²) in [5.74, 6) is -0.543. The molecular weight excluding hydrogens is 278 g/mol. The lowest BCUT2D eigenvalue weighted by Crippen LogP contribution is -2.13. The second-order valence-electron chi connectivity index (χ2n) is 4.73. The molecule has 0 spiro atoms. The summed E-state index contributed by atoms with van der Waals surface area (Å²) in [5.41, 5.74) is 2.73. The first-order valence-electron chi connectivity index (χ1n) is 6.74. The lowest BCUT2D eigenvalue weighted by Gasteiger charge is -2.08. The molecule has 2 amide bonds. The molecule has 110 valence electrons. The van der Waals surface area contributed by atoms with Crippen LogP contribution in [0.15, 0.2) is 48.5 Å². The third-order valence-electron chi connectivity index (χ3n) is 3.06. The summed E-state index contributed by atoms with van der Waals surface area (Å²) in [5, 5.41) is 13.8. The Morgan fingerprint density at radius 2 is 1.59 bits per heavy atom. The van der Waals surface area contributed by atoms with Gasteiger partial charge in [-0.15, -0.1) is 0 Å². The van der Waals surface area contributed by atoms with Crippen molar-refractivity contribution in [2.45, 2.75) is 13.3 Å². The molecule has 0 aliphatic rings. The zero-order chi connectivity index (χ0) is 15.9. The molecule has 22 heavy (non-hydrogen) atoms. The molecule has 0 heterocycles. The van der Waals surface area contributed by atoms with Crippen molar-refractivity contribution in [3.8, 4) is 6.07 Å². The van der Waals surface area contributed by atoms with Gasteiger partial charge in [0, 0.05) is 16.9 Å². The lowest BCUT2D eigenvalue weighted by molar-refractivity contribution is -0.115. The van der Waals surface area contributed by atoms with Gasteiger partial charge in [-0.05, 0) is 42.8 Å². The van der Waals surface area contributed by atoms with Crippen molar-refractivity contribution in [3.05, 3.63) is 59.7 Å². The molecular formula is C17H15N3O2. The Morgan fingerprint density at radius 3 is 2.18 bits per heavy atom. The number of rotatable bonds is 4. The number of carbonyl (C=O) groups is 2. The molecule has 0 fully saturated rings. The average molecular weight is 293 g/mol. The summed E-state index contributed by atoms with van der Waals surface area (Å²) in [6.07, 6.45) is -0.189. The maximum atomic E-state index is 12.2. The van der Waals surface area contributed by atoms with E-state index in [-0.39, 0.29) is 18.2 Å². The van der Waals surface area contributed by atoms with E-state index in [9.17, 15) is 9.59 Å². The van der Waals surface area contributed by atoms with Crippen LogP contribution < -0.4 is 10.6 Å². The molecule has 0 aromatic heterocycles. The Hall–Kier alpha value is -3.13. The molecule has 0 atom stereocenters. The molecule has 2 aromatic carbocycles. The van der Waals surface area contributed by atoms with Crippen LogP contribution in [0.25, 0.3) is 0 Å². The van der Waals surface area contributed by atoms with Crippen LogP contribution in [0.2, 0.25) is 0 Å². The fourth-order valence-electron chi connectivity index (χ4n) is 1.94. The fourth-order valence-corrected chi connectivity index (χ4v) is 1.94. The van der Waals surface area contributed by atoms with E-state index in [2.05, 4.69) is 10.6 Å². The van der Waals surface area contributed by atoms with Gasteiger partial charge in [0.15, 0.2) is 0 Å². The topological polar surface area (TPSA) is 82.0 Å². The number of anilines is 2. The van der Waals surface area contributed by atoms with Gasteiger partial charge in [-0.2, -0.15) is 5.26 Å². The zero-order valence-electron chi connectivity index (χ0n) is 12.1. The highest BCUT2D eigenvalue weighted by Gasteiger charge is 2.08. The number of benzene rings is 2. The van der Waals surface area contributed by atoms with E-state index in [1.165, 1.54) is 0 Å². The minimum atomic E-state index is -0.362. The van der Waals surface area contributed by atoms with Crippen LogP contribution in [-0.4, -0.2) is 11.8 Å². The van der Waals surface area contributed by atoms with E-state index in [0.717, 1.165) is 5.56 Å². The Labute approximate surface area is 128 Å². The molecule has 0 radical (unpaired) electrons. The SMILES string of the molecule is Cc1ccccc1C(=O)Nc1ccc(NC(=O)CC#N)cc1. The molecule has 0 saturated heterocycles. The smallest absolute Gasteiger partial charge is 0.255 e. The highest BCUT2D eigenvalue weighted by Crippen LogP contribution is 2.16. The van der Waals surface area contributed by atoms with Crippen LogP contribution in [-0.2, 0) is 4.79 Å². The molecule has 0 bridgehead atoms. The van der Waals surface area contributed by atoms with Gasteiger partial charge in [0.25, 0.3) is 5.91 Å². The van der Waals surface area contributed by atoms with Crippen molar-refractivity contribution < 1.29 is 9.59 Å². The van der Waals surface area contributed by atoms with Crippen LogP contribution in [0.4, 0.5) is 11.4 Å². The molecule has 2 N–H and O–H groups in total. The predicted molar refractivity (Wildman–Crippen MR) is 84.4 cm³/mol. The first kappa shape index (κ1) is 15.3. The van der Waals surface area contributed by atoms with Crippen molar-refractivity contribution in [3.63, 3.8) is 0 Å². The van der Waals surface area contributed by atoms with E-state index >= 15 is 0 Å². The van der Waals surface area contributed by atoms with Gasteiger partial charge in [0.1, 0.15) is 6.42 Å². The number of aryl methyl sites for hydroxylation is 1.